The molecule has 2 rings (SSSR count). The number of nitrogens with one attached hydrogen (secondary N) is 2. The summed E-state index contributed by atoms with van der Waals surface area (Å²) in [5.41, 5.74) is -0.710. The first kappa shape index (κ1) is 28.5. The first-order chi connectivity index (χ1) is 16.6. The average Bonchev–Trinajstić information content (AvgIpc) is 3.32. The van der Waals surface area contributed by atoms with E-state index in [-0.39, 0.29) is 23.9 Å². The fourth-order valence-electron chi connectivity index (χ4n) is 3.38. The molecule has 2 amide bonds. The monoisotopic (exact) mass is 512 g/mol. The van der Waals surface area contributed by atoms with Gasteiger partial charge in [-0.2, -0.15) is 0 Å². The summed E-state index contributed by atoms with van der Waals surface area (Å²) in [6.07, 6.45) is 3.71. The van der Waals surface area contributed by atoms with E-state index in [0.29, 0.717) is 24.7 Å². The van der Waals surface area contributed by atoms with Gasteiger partial charge in [-0.3, -0.25) is 14.4 Å². The normalized spacial score (nSPS) is 12.9. The lowest BCUT2D eigenvalue weighted by Crippen LogP contribution is -2.52. The largest absolute Gasteiger partial charge is 0.468 e. The maximum atomic E-state index is 14.1. The number of halogens is 3. The highest BCUT2D eigenvalue weighted by molar-refractivity contribution is 7.99. The number of thioether (sulfide) groups is 1. The second-order valence-electron chi connectivity index (χ2n) is 8.62. The van der Waals surface area contributed by atoms with Gasteiger partial charge in [-0.25, -0.2) is 13.2 Å². The minimum atomic E-state index is -1.76. The van der Waals surface area contributed by atoms with Crippen LogP contribution in [0.4, 0.5) is 13.2 Å². The second kappa shape index (κ2) is 14.0. The SMILES string of the molecule is CCCCC(NC(=O)C(CC(C)C)NC(=O)c1ccc(F)c(F)c1F)C(=O)CSCc1ccco1. The van der Waals surface area contributed by atoms with E-state index in [2.05, 4.69) is 10.6 Å². The molecule has 0 aliphatic heterocycles. The Labute approximate surface area is 207 Å². The molecule has 0 saturated carbocycles. The zero-order valence-electron chi connectivity index (χ0n) is 20.0. The molecule has 0 aliphatic rings. The first-order valence-corrected chi connectivity index (χ1v) is 12.7. The number of amides is 2. The standard InChI is InChI=1S/C25H31F3N2O4S/c1-4-5-8-19(21(31)14-35-13-16-7-6-11-34-16)29-25(33)20(12-15(2)3)30-24(32)17-9-10-18(26)23(28)22(17)27/h6-7,9-11,15,19-20H,4-5,8,12-14H2,1-3H3,(H,29,33)(H,30,32). The Morgan fingerprint density at radius 1 is 1.03 bits per heavy atom. The molecule has 1 aromatic heterocycles. The first-order valence-electron chi connectivity index (χ1n) is 11.5. The van der Waals surface area contributed by atoms with Crippen LogP contribution >= 0.6 is 11.8 Å². The predicted octanol–water partition coefficient (Wildman–Crippen LogP) is 5.02. The second-order valence-corrected chi connectivity index (χ2v) is 9.61. The third-order valence-electron chi connectivity index (χ3n) is 5.23. The maximum absolute atomic E-state index is 14.1. The Balaban J connectivity index is 2.09. The highest BCUT2D eigenvalue weighted by Crippen LogP contribution is 2.17. The number of carbonyl (C=O) groups is 3. The van der Waals surface area contributed by atoms with Crippen molar-refractivity contribution < 1.29 is 32.0 Å². The minimum absolute atomic E-state index is 0.0329. The van der Waals surface area contributed by atoms with Gasteiger partial charge >= 0.3 is 0 Å². The summed E-state index contributed by atoms with van der Waals surface area (Å²) < 4.78 is 46.1. The topological polar surface area (TPSA) is 88.4 Å². The van der Waals surface area contributed by atoms with Crippen molar-refractivity contribution in [1.82, 2.24) is 10.6 Å². The van der Waals surface area contributed by atoms with Crippen molar-refractivity contribution in [3.8, 4) is 0 Å². The lowest BCUT2D eigenvalue weighted by atomic mass is 10.0. The lowest BCUT2D eigenvalue weighted by Gasteiger charge is -2.24. The minimum Gasteiger partial charge on any atom is -0.468 e. The zero-order chi connectivity index (χ0) is 26.0. The highest BCUT2D eigenvalue weighted by atomic mass is 32.2. The van der Waals surface area contributed by atoms with E-state index in [9.17, 15) is 27.6 Å². The summed E-state index contributed by atoms with van der Waals surface area (Å²) in [5.74, 6) is -5.24. The third-order valence-corrected chi connectivity index (χ3v) is 6.21. The molecule has 2 N–H and O–H groups in total. The molecule has 2 unspecified atom stereocenters. The van der Waals surface area contributed by atoms with Crippen LogP contribution in [-0.4, -0.2) is 35.4 Å². The fourth-order valence-corrected chi connectivity index (χ4v) is 4.25. The van der Waals surface area contributed by atoms with Crippen LogP contribution in [0.5, 0.6) is 0 Å². The fraction of sp³-hybridized carbons (Fsp3) is 0.480. The van der Waals surface area contributed by atoms with Gasteiger partial charge in [0.25, 0.3) is 5.91 Å². The van der Waals surface area contributed by atoms with E-state index in [1.165, 1.54) is 11.8 Å². The summed E-state index contributed by atoms with van der Waals surface area (Å²) in [6, 6.07) is 3.18. The van der Waals surface area contributed by atoms with Gasteiger partial charge < -0.3 is 15.1 Å². The van der Waals surface area contributed by atoms with Crippen molar-refractivity contribution in [2.45, 2.75) is 64.3 Å². The molecule has 0 bridgehead atoms. The molecule has 2 atom stereocenters. The van der Waals surface area contributed by atoms with Crippen LogP contribution in [-0.2, 0) is 15.3 Å². The summed E-state index contributed by atoms with van der Waals surface area (Å²) >= 11 is 1.37. The van der Waals surface area contributed by atoms with Gasteiger partial charge in [0.15, 0.2) is 23.2 Å². The third kappa shape index (κ3) is 8.76. The predicted molar refractivity (Wildman–Crippen MR) is 128 cm³/mol. The number of hydrogen-bond acceptors (Lipinski definition) is 5. The maximum Gasteiger partial charge on any atom is 0.255 e. The summed E-state index contributed by atoms with van der Waals surface area (Å²) in [6.45, 7) is 5.62. The van der Waals surface area contributed by atoms with Crippen LogP contribution in [0.1, 0.15) is 62.6 Å². The molecule has 10 heteroatoms. The number of furan rings is 1. The molecule has 0 spiro atoms. The molecule has 6 nitrogen and oxygen atoms in total. The highest BCUT2D eigenvalue weighted by Gasteiger charge is 2.29. The Hall–Kier alpha value is -2.75. The van der Waals surface area contributed by atoms with Crippen molar-refractivity contribution >= 4 is 29.4 Å². The van der Waals surface area contributed by atoms with Gasteiger partial charge in [0.2, 0.25) is 5.91 Å². The molecule has 35 heavy (non-hydrogen) atoms. The molecular weight excluding hydrogens is 481 g/mol. The molecule has 0 aliphatic carbocycles. The zero-order valence-corrected chi connectivity index (χ0v) is 20.9. The van der Waals surface area contributed by atoms with Gasteiger partial charge in [-0.1, -0.05) is 33.6 Å². The number of benzene rings is 1. The number of rotatable bonds is 14. The molecule has 1 aromatic carbocycles. The molecule has 0 fully saturated rings. The van der Waals surface area contributed by atoms with Crippen molar-refractivity contribution in [3.05, 3.63) is 59.3 Å². The molecule has 1 heterocycles. The number of ketones is 1. The van der Waals surface area contributed by atoms with Gasteiger partial charge in [-0.15, -0.1) is 11.8 Å². The molecular formula is C25H31F3N2O4S. The van der Waals surface area contributed by atoms with Crippen LogP contribution < -0.4 is 10.6 Å². The molecule has 2 aromatic rings. The van der Waals surface area contributed by atoms with Gasteiger partial charge in [0.05, 0.1) is 29.4 Å². The lowest BCUT2D eigenvalue weighted by molar-refractivity contribution is -0.128. The number of carbonyl (C=O) groups excluding carboxylic acids is 3. The van der Waals surface area contributed by atoms with Crippen LogP contribution in [0.2, 0.25) is 0 Å². The average molecular weight is 513 g/mol. The Morgan fingerprint density at radius 3 is 2.40 bits per heavy atom. The number of unbranched alkanes of at least 4 members (excludes halogenated alkanes) is 1. The Morgan fingerprint density at radius 2 is 1.77 bits per heavy atom. The quantitative estimate of drug-likeness (QED) is 0.347. The van der Waals surface area contributed by atoms with Crippen molar-refractivity contribution in [2.75, 3.05) is 5.75 Å². The van der Waals surface area contributed by atoms with E-state index in [4.69, 9.17) is 4.42 Å². The molecule has 0 saturated heterocycles. The summed E-state index contributed by atoms with van der Waals surface area (Å²) in [4.78, 5) is 38.5. The Bertz CT molecular complexity index is 999. The van der Waals surface area contributed by atoms with Crippen molar-refractivity contribution in [1.29, 1.82) is 0 Å². The van der Waals surface area contributed by atoms with Crippen LogP contribution in [0.25, 0.3) is 0 Å². The van der Waals surface area contributed by atoms with Gasteiger partial charge in [0, 0.05) is 0 Å². The van der Waals surface area contributed by atoms with Crippen LogP contribution in [0.3, 0.4) is 0 Å². The van der Waals surface area contributed by atoms with E-state index >= 15 is 0 Å². The summed E-state index contributed by atoms with van der Waals surface area (Å²) in [7, 11) is 0. The van der Waals surface area contributed by atoms with E-state index in [0.717, 1.165) is 18.2 Å². The van der Waals surface area contributed by atoms with Gasteiger partial charge in [0.1, 0.15) is 11.8 Å². The number of Topliss-reactive ketones (excluding diaryl/α,β-unsaturated/α-hetero) is 1. The van der Waals surface area contributed by atoms with Gasteiger partial charge in [-0.05, 0) is 43.0 Å². The van der Waals surface area contributed by atoms with E-state index in [1.807, 2.05) is 26.8 Å². The summed E-state index contributed by atoms with van der Waals surface area (Å²) in [5, 5.41) is 5.13. The van der Waals surface area contributed by atoms with E-state index < -0.39 is 46.9 Å². The van der Waals surface area contributed by atoms with Crippen molar-refractivity contribution in [2.24, 2.45) is 5.92 Å². The molecule has 192 valence electrons. The molecule has 0 radical (unpaired) electrons. The van der Waals surface area contributed by atoms with Crippen molar-refractivity contribution in [3.63, 3.8) is 0 Å². The smallest absolute Gasteiger partial charge is 0.255 e. The van der Waals surface area contributed by atoms with Crippen LogP contribution in [0, 0.1) is 23.4 Å². The number of hydrogen-bond donors (Lipinski definition) is 2. The Kier molecular flexibility index (Phi) is 11.4. The van der Waals surface area contributed by atoms with E-state index in [1.54, 1.807) is 12.3 Å². The van der Waals surface area contributed by atoms with Crippen LogP contribution in [0.15, 0.2) is 34.9 Å².